The Balaban J connectivity index is 1.02. The first kappa shape index (κ1) is 52.4. The van der Waals surface area contributed by atoms with Gasteiger partial charge in [0.2, 0.25) is 0 Å². The molecule has 86 heavy (non-hydrogen) atoms. The van der Waals surface area contributed by atoms with Gasteiger partial charge in [-0.3, -0.25) is 0 Å². The lowest BCUT2D eigenvalue weighted by Crippen LogP contribution is -2.19. The van der Waals surface area contributed by atoms with Gasteiger partial charge in [0.15, 0.2) is 0 Å². The molecule has 14 aromatic rings. The van der Waals surface area contributed by atoms with Gasteiger partial charge in [0, 0.05) is 55.1 Å². The van der Waals surface area contributed by atoms with Crippen LogP contribution in [0.25, 0.3) is 87.3 Å². The first-order valence-electron chi connectivity index (χ1n) is 31.8. The molecular weight excluding hydrogens is 1040 g/mol. The maximum Gasteiger partial charge on any atom is 0.0547 e. The van der Waals surface area contributed by atoms with Gasteiger partial charge in [-0.15, -0.1) is 0 Å². The fourth-order valence-electron chi connectivity index (χ4n) is 16.4. The second-order valence-electron chi connectivity index (χ2n) is 25.8. The molecule has 2 aliphatic rings. The normalized spacial score (nSPS) is 13.7. The van der Waals surface area contributed by atoms with E-state index in [1.165, 1.54) is 203 Å². The third-order valence-electron chi connectivity index (χ3n) is 20.1. The summed E-state index contributed by atoms with van der Waals surface area (Å²) in [6.07, 6.45) is 9.18. The van der Waals surface area contributed by atoms with E-state index in [0.717, 1.165) is 25.7 Å². The van der Waals surface area contributed by atoms with Crippen molar-refractivity contribution < 1.29 is 0 Å². The van der Waals surface area contributed by atoms with Gasteiger partial charge in [-0.05, 0) is 241 Å². The molecule has 0 bridgehead atoms. The Morgan fingerprint density at radius 2 is 0.709 bits per heavy atom. The van der Waals surface area contributed by atoms with Crippen LogP contribution in [0.2, 0.25) is 0 Å². The molecule has 0 saturated heterocycles. The molecule has 2 aliphatic carbocycles. The van der Waals surface area contributed by atoms with Crippen molar-refractivity contribution in [2.45, 2.75) is 119 Å². The summed E-state index contributed by atoms with van der Waals surface area (Å²) in [5.41, 5.74) is 28.8. The summed E-state index contributed by atoms with van der Waals surface area (Å²) < 4.78 is 4.97. The van der Waals surface area contributed by atoms with E-state index in [-0.39, 0.29) is 11.8 Å². The van der Waals surface area contributed by atoms with Crippen LogP contribution in [-0.2, 0) is 25.7 Å². The molecule has 0 unspecified atom stereocenters. The molecule has 0 atom stereocenters. The fraction of sp³-hybridized carbons (Fsp3) is 0.220. The second kappa shape index (κ2) is 20.3. The maximum absolute atomic E-state index is 2.75. The van der Waals surface area contributed by atoms with Crippen molar-refractivity contribution in [2.75, 3.05) is 9.80 Å². The van der Waals surface area contributed by atoms with Gasteiger partial charge in [-0.2, -0.15) is 0 Å². The predicted octanol–water partition coefficient (Wildman–Crippen LogP) is 23.0. The van der Waals surface area contributed by atoms with Crippen LogP contribution in [0.5, 0.6) is 0 Å². The van der Waals surface area contributed by atoms with Gasteiger partial charge in [0.25, 0.3) is 0 Å². The maximum atomic E-state index is 2.75. The quantitative estimate of drug-likeness (QED) is 0.127. The van der Waals surface area contributed by atoms with E-state index in [0.29, 0.717) is 0 Å². The lowest BCUT2D eigenvalue weighted by atomic mass is 9.83. The Kier molecular flexibility index (Phi) is 12.4. The minimum Gasteiger partial charge on any atom is -0.309 e. The molecule has 0 aliphatic heterocycles. The highest BCUT2D eigenvalue weighted by Crippen LogP contribution is 2.55. The standard InChI is InChI=1S/C82H74N4/c1-49(2)67-47-73(85(69-39-23-27-55-25-15-17-33-59(55)69)81-51(5)45-75-77(53(81)7)63-35-19-21-37-71(63)83(75)57-29-11-9-12-30-57)65-44-42-62-68(50(3)4)48-74(66-43-41-61(67)79(65)80(62)66)86(70-40-24-28-56-26-16-18-34-60(56)70)82-52(6)46-76-78(54(82)8)64-36-20-22-38-72(64)84(76)58-31-13-10-14-32-58/h9-14,19-24,27-32,35-50H,15-18,25-26,33-34H2,1-8H3. The van der Waals surface area contributed by atoms with Gasteiger partial charge >= 0.3 is 0 Å². The van der Waals surface area contributed by atoms with Crippen molar-refractivity contribution in [3.05, 3.63) is 250 Å². The lowest BCUT2D eigenvalue weighted by Gasteiger charge is -2.36. The summed E-state index contributed by atoms with van der Waals surface area (Å²) in [7, 11) is 0. The number of fused-ring (bicyclic) bond motifs is 8. The van der Waals surface area contributed by atoms with Gasteiger partial charge in [0.05, 0.1) is 44.8 Å². The highest BCUT2D eigenvalue weighted by molar-refractivity contribution is 6.30. The molecule has 0 radical (unpaired) electrons. The van der Waals surface area contributed by atoms with Crippen LogP contribution in [0, 0.1) is 27.7 Å². The van der Waals surface area contributed by atoms with E-state index in [2.05, 4.69) is 268 Å². The van der Waals surface area contributed by atoms with Crippen LogP contribution in [-0.4, -0.2) is 9.13 Å². The third-order valence-corrected chi connectivity index (χ3v) is 20.1. The smallest absolute Gasteiger partial charge is 0.0547 e. The number of para-hydroxylation sites is 4. The van der Waals surface area contributed by atoms with E-state index in [1.807, 2.05) is 0 Å². The van der Waals surface area contributed by atoms with Crippen molar-refractivity contribution in [3.63, 3.8) is 0 Å². The van der Waals surface area contributed by atoms with E-state index in [1.54, 1.807) is 0 Å². The molecule has 2 heterocycles. The lowest BCUT2D eigenvalue weighted by molar-refractivity contribution is 0.686. The highest BCUT2D eigenvalue weighted by Gasteiger charge is 2.33. The minimum atomic E-state index is 0.254. The van der Waals surface area contributed by atoms with Crippen LogP contribution >= 0.6 is 0 Å². The highest BCUT2D eigenvalue weighted by atomic mass is 15.2. The zero-order valence-corrected chi connectivity index (χ0v) is 51.1. The number of anilines is 6. The van der Waals surface area contributed by atoms with E-state index in [9.17, 15) is 0 Å². The Morgan fingerprint density at radius 3 is 1.13 bits per heavy atom. The number of rotatable bonds is 10. The number of hydrogen-bond donors (Lipinski definition) is 0. The summed E-state index contributed by atoms with van der Waals surface area (Å²) >= 11 is 0. The Morgan fingerprint density at radius 1 is 0.326 bits per heavy atom. The van der Waals surface area contributed by atoms with E-state index in [4.69, 9.17) is 0 Å². The number of nitrogens with zero attached hydrogens (tertiary/aromatic N) is 4. The van der Waals surface area contributed by atoms with Crippen LogP contribution in [0.3, 0.4) is 0 Å². The third kappa shape index (κ3) is 7.80. The second-order valence-corrected chi connectivity index (χ2v) is 25.8. The molecule has 2 aromatic heterocycles. The van der Waals surface area contributed by atoms with E-state index >= 15 is 0 Å². The number of benzene rings is 12. The number of aromatic nitrogens is 2. The Labute approximate surface area is 505 Å². The van der Waals surface area contributed by atoms with Gasteiger partial charge in [0.1, 0.15) is 0 Å². The molecule has 4 nitrogen and oxygen atoms in total. The zero-order valence-electron chi connectivity index (χ0n) is 51.1. The predicted molar refractivity (Wildman–Crippen MR) is 369 cm³/mol. The summed E-state index contributed by atoms with van der Waals surface area (Å²) in [6.45, 7) is 19.2. The van der Waals surface area contributed by atoms with Crippen molar-refractivity contribution >= 4 is 110 Å². The largest absolute Gasteiger partial charge is 0.309 e. The monoisotopic (exact) mass is 1110 g/mol. The summed E-state index contributed by atoms with van der Waals surface area (Å²) in [6, 6.07) is 74.6. The Bertz CT molecular complexity index is 4730. The topological polar surface area (TPSA) is 16.3 Å². The zero-order chi connectivity index (χ0) is 58.2. The Hall–Kier alpha value is -9.12. The van der Waals surface area contributed by atoms with Crippen molar-refractivity contribution in [1.29, 1.82) is 0 Å². The minimum absolute atomic E-state index is 0.254. The molecule has 12 aromatic carbocycles. The van der Waals surface area contributed by atoms with Crippen molar-refractivity contribution in [3.8, 4) is 11.4 Å². The van der Waals surface area contributed by atoms with Crippen LogP contribution in [0.1, 0.15) is 121 Å². The van der Waals surface area contributed by atoms with E-state index < -0.39 is 0 Å². The molecule has 0 saturated carbocycles. The molecule has 4 heteroatoms. The molecule has 0 spiro atoms. The summed E-state index contributed by atoms with van der Waals surface area (Å²) in [4.78, 5) is 5.50. The SMILES string of the molecule is Cc1cc2c(c(C)c1N(c1cccc3c1CCCC3)c1cc(C(C)C)c3ccc4c(N(c5cccc6c5CCCC6)c5c(C)cc6c(c5C)c5ccccc5n6-c5ccccc5)cc(C(C)C)c5ccc1c3c54)c1ccccc1n2-c1ccccc1. The summed E-state index contributed by atoms with van der Waals surface area (Å²) in [5.74, 6) is 0.509. The van der Waals surface area contributed by atoms with Crippen molar-refractivity contribution in [2.24, 2.45) is 0 Å². The molecule has 422 valence electrons. The molecular formula is C82H74N4. The van der Waals surface area contributed by atoms with Crippen LogP contribution in [0.4, 0.5) is 34.1 Å². The average Bonchev–Trinajstić information content (AvgIpc) is 0.985. The molecule has 16 rings (SSSR count). The average molecular weight is 1120 g/mol. The number of aryl methyl sites for hydroxylation is 6. The summed E-state index contributed by atoms with van der Waals surface area (Å²) in [5, 5.41) is 13.2. The first-order valence-corrected chi connectivity index (χ1v) is 31.8. The van der Waals surface area contributed by atoms with Crippen LogP contribution < -0.4 is 9.80 Å². The molecule has 0 N–H and O–H groups in total. The van der Waals surface area contributed by atoms with Crippen LogP contribution in [0.15, 0.2) is 194 Å². The number of hydrogen-bond acceptors (Lipinski definition) is 2. The molecule has 0 fully saturated rings. The van der Waals surface area contributed by atoms with Gasteiger partial charge < -0.3 is 18.9 Å². The molecule has 0 amide bonds. The fourth-order valence-corrected chi connectivity index (χ4v) is 16.4. The first-order chi connectivity index (χ1) is 42.0. The van der Waals surface area contributed by atoms with Gasteiger partial charge in [-0.25, -0.2) is 0 Å². The van der Waals surface area contributed by atoms with Gasteiger partial charge in [-0.1, -0.05) is 149 Å². The van der Waals surface area contributed by atoms with Crippen molar-refractivity contribution in [1.82, 2.24) is 9.13 Å².